The van der Waals surface area contributed by atoms with Gasteiger partial charge in [0.25, 0.3) is 0 Å². The molecule has 0 aromatic carbocycles. The predicted octanol–water partition coefficient (Wildman–Crippen LogP) is 5.23. The summed E-state index contributed by atoms with van der Waals surface area (Å²) in [6.07, 6.45) is 12.9. The Morgan fingerprint density at radius 3 is 1.17 bits per heavy atom. The number of hydrogen-bond donors (Lipinski definition) is 0. The minimum absolute atomic E-state index is 0.771. The molecule has 0 rings (SSSR count). The van der Waals surface area contributed by atoms with Crippen molar-refractivity contribution in [2.75, 3.05) is 17.3 Å². The van der Waals surface area contributed by atoms with Gasteiger partial charge in [0.1, 0.15) is 17.3 Å². The van der Waals surface area contributed by atoms with Crippen molar-refractivity contribution in [2.45, 2.75) is 84.1 Å². The van der Waals surface area contributed by atoms with Crippen LogP contribution in [0.1, 0.15) is 78.6 Å². The molecule has 0 radical (unpaired) electrons. The van der Waals surface area contributed by atoms with E-state index in [9.17, 15) is 13.2 Å². The fourth-order valence-electron chi connectivity index (χ4n) is 1.97. The maximum atomic E-state index is 10.7. The molecule has 148 valence electrons. The van der Waals surface area contributed by atoms with Crippen LogP contribution in [0, 0.1) is 0 Å². The number of rotatable bonds is 12. The molecule has 0 atom stereocenters. The monoisotopic (exact) mass is 394 g/mol. The fourth-order valence-corrected chi connectivity index (χ4v) is 4.42. The summed E-state index contributed by atoms with van der Waals surface area (Å²) in [5.41, 5.74) is -5.65. The highest BCUT2D eigenvalue weighted by molar-refractivity contribution is 7.96. The predicted molar refractivity (Wildman–Crippen MR) is 96.3 cm³/mol. The van der Waals surface area contributed by atoms with Crippen LogP contribution in [0.2, 0.25) is 0 Å². The van der Waals surface area contributed by atoms with Crippen LogP contribution < -0.4 is 0 Å². The highest BCUT2D eigenvalue weighted by atomic mass is 32.2. The van der Waals surface area contributed by atoms with Gasteiger partial charge >= 0.3 is 5.51 Å². The van der Waals surface area contributed by atoms with Gasteiger partial charge in [-0.25, -0.2) is 8.42 Å². The van der Waals surface area contributed by atoms with Gasteiger partial charge in [-0.1, -0.05) is 40.0 Å². The van der Waals surface area contributed by atoms with Crippen molar-refractivity contribution in [1.82, 2.24) is 0 Å². The Kier molecular flexibility index (Phi) is 16.8. The van der Waals surface area contributed by atoms with Gasteiger partial charge in [0.2, 0.25) is 0 Å². The zero-order chi connectivity index (χ0) is 19.1. The van der Waals surface area contributed by atoms with Crippen LogP contribution >= 0.6 is 0 Å². The lowest BCUT2D eigenvalue weighted by Crippen LogP contribution is -2.21. The van der Waals surface area contributed by atoms with Gasteiger partial charge in [-0.15, -0.1) is 0 Å². The molecule has 0 aromatic rings. The molecule has 0 bridgehead atoms. The summed E-state index contributed by atoms with van der Waals surface area (Å²) >= 11 is 0. The lowest BCUT2D eigenvalue weighted by atomic mass is 10.3. The zero-order valence-electron chi connectivity index (χ0n) is 15.2. The highest BCUT2D eigenvalue weighted by Crippen LogP contribution is 2.20. The first-order valence-electron chi connectivity index (χ1n) is 8.76. The van der Waals surface area contributed by atoms with Crippen molar-refractivity contribution in [2.24, 2.45) is 0 Å². The van der Waals surface area contributed by atoms with E-state index in [0.29, 0.717) is 0 Å². The molecule has 0 aliphatic carbocycles. The molecular formula is C16H33F3O3S2. The molecule has 0 fully saturated rings. The van der Waals surface area contributed by atoms with E-state index in [1.165, 1.54) is 75.0 Å². The van der Waals surface area contributed by atoms with Crippen LogP contribution in [0.15, 0.2) is 0 Å². The molecule has 0 saturated carbocycles. The minimum atomic E-state index is -6.09. The SMILES string of the molecule is CCCCC[S+](CCCCC)CCCCC.O=S(=O)([O-])C(F)(F)F. The van der Waals surface area contributed by atoms with Gasteiger partial charge in [-0.05, 0) is 49.4 Å². The topological polar surface area (TPSA) is 57.2 Å². The second-order valence-electron chi connectivity index (χ2n) is 5.75. The molecule has 3 nitrogen and oxygen atoms in total. The Morgan fingerprint density at radius 2 is 1.00 bits per heavy atom. The average Bonchev–Trinajstić information content (AvgIpc) is 2.46. The van der Waals surface area contributed by atoms with Gasteiger partial charge in [-0.3, -0.25) is 0 Å². The molecule has 0 aliphatic rings. The van der Waals surface area contributed by atoms with Gasteiger partial charge in [0.05, 0.1) is 0 Å². The third-order valence-corrected chi connectivity index (χ3v) is 6.56. The van der Waals surface area contributed by atoms with Crippen molar-refractivity contribution in [3.05, 3.63) is 0 Å². The van der Waals surface area contributed by atoms with Crippen LogP contribution in [-0.4, -0.2) is 35.7 Å². The van der Waals surface area contributed by atoms with Gasteiger partial charge in [0.15, 0.2) is 10.1 Å². The summed E-state index contributed by atoms with van der Waals surface area (Å²) in [6, 6.07) is 0. The van der Waals surface area contributed by atoms with Crippen LogP contribution in [0.25, 0.3) is 0 Å². The third kappa shape index (κ3) is 16.9. The fraction of sp³-hybridized carbons (Fsp3) is 1.00. The van der Waals surface area contributed by atoms with Gasteiger partial charge in [-0.2, -0.15) is 13.2 Å². The van der Waals surface area contributed by atoms with Crippen LogP contribution in [0.5, 0.6) is 0 Å². The van der Waals surface area contributed by atoms with Crippen molar-refractivity contribution < 1.29 is 26.1 Å². The van der Waals surface area contributed by atoms with E-state index in [-0.39, 0.29) is 0 Å². The van der Waals surface area contributed by atoms with E-state index in [1.54, 1.807) is 0 Å². The summed E-state index contributed by atoms with van der Waals surface area (Å²) in [7, 11) is -5.32. The van der Waals surface area contributed by atoms with E-state index in [4.69, 9.17) is 13.0 Å². The van der Waals surface area contributed by atoms with Crippen molar-refractivity contribution in [3.63, 3.8) is 0 Å². The zero-order valence-corrected chi connectivity index (χ0v) is 16.8. The van der Waals surface area contributed by atoms with E-state index in [2.05, 4.69) is 20.8 Å². The Balaban J connectivity index is 0. The van der Waals surface area contributed by atoms with Crippen molar-refractivity contribution in [1.29, 1.82) is 0 Å². The molecule has 0 amide bonds. The Hall–Kier alpha value is 0.0500. The molecule has 0 saturated heterocycles. The normalized spacial score (nSPS) is 12.2. The Labute approximate surface area is 148 Å². The second-order valence-corrected chi connectivity index (χ2v) is 9.57. The lowest BCUT2D eigenvalue weighted by Gasteiger charge is -2.08. The minimum Gasteiger partial charge on any atom is -0.741 e. The molecular weight excluding hydrogens is 361 g/mol. The maximum Gasteiger partial charge on any atom is 0.485 e. The van der Waals surface area contributed by atoms with E-state index < -0.39 is 15.6 Å². The number of halogens is 3. The highest BCUT2D eigenvalue weighted by Gasteiger charge is 2.36. The molecule has 8 heteroatoms. The number of alkyl halides is 3. The lowest BCUT2D eigenvalue weighted by molar-refractivity contribution is -0.0517. The van der Waals surface area contributed by atoms with Crippen molar-refractivity contribution in [3.8, 4) is 0 Å². The molecule has 0 unspecified atom stereocenters. The standard InChI is InChI=1S/C15H33S.CHF3O3S/c1-4-7-10-13-16(14-11-8-5-2)15-12-9-6-3;2-1(3,4)8(5,6)7/h4-15H2,1-3H3;(H,5,6,7)/q+1;/p-1. The summed E-state index contributed by atoms with van der Waals surface area (Å²) in [6.45, 7) is 6.94. The molecule has 0 spiro atoms. The van der Waals surface area contributed by atoms with Gasteiger partial charge < -0.3 is 4.55 Å². The first-order valence-corrected chi connectivity index (χ1v) is 11.9. The first-order chi connectivity index (χ1) is 11.1. The van der Waals surface area contributed by atoms with Crippen LogP contribution in [-0.2, 0) is 21.0 Å². The van der Waals surface area contributed by atoms with E-state index >= 15 is 0 Å². The average molecular weight is 395 g/mol. The third-order valence-electron chi connectivity index (χ3n) is 3.39. The molecule has 24 heavy (non-hydrogen) atoms. The van der Waals surface area contributed by atoms with E-state index in [1.807, 2.05) is 0 Å². The Bertz CT molecular complexity index is 347. The quantitative estimate of drug-likeness (QED) is 0.197. The summed E-state index contributed by atoms with van der Waals surface area (Å²) in [5, 5.41) is 0. The Morgan fingerprint density at radius 1 is 0.750 bits per heavy atom. The largest absolute Gasteiger partial charge is 0.741 e. The number of unbranched alkanes of at least 4 members (excludes halogenated alkanes) is 6. The maximum absolute atomic E-state index is 10.7. The smallest absolute Gasteiger partial charge is 0.485 e. The summed E-state index contributed by atoms with van der Waals surface area (Å²) in [4.78, 5) is 0. The molecule has 0 N–H and O–H groups in total. The van der Waals surface area contributed by atoms with Crippen molar-refractivity contribution >= 4 is 21.0 Å². The first kappa shape index (κ1) is 26.3. The molecule has 0 aliphatic heterocycles. The van der Waals surface area contributed by atoms with Crippen LogP contribution in [0.3, 0.4) is 0 Å². The second kappa shape index (κ2) is 15.3. The molecule has 0 aromatic heterocycles. The van der Waals surface area contributed by atoms with Gasteiger partial charge in [0, 0.05) is 0 Å². The molecule has 0 heterocycles. The van der Waals surface area contributed by atoms with Crippen LogP contribution in [0.4, 0.5) is 13.2 Å². The number of hydrogen-bond acceptors (Lipinski definition) is 3. The summed E-state index contributed by atoms with van der Waals surface area (Å²) in [5.74, 6) is 4.59. The summed E-state index contributed by atoms with van der Waals surface area (Å²) < 4.78 is 58.9. The van der Waals surface area contributed by atoms with E-state index in [0.717, 1.165) is 10.9 Å².